The van der Waals surface area contributed by atoms with Gasteiger partial charge in [-0.1, -0.05) is 41.4 Å². The molecular weight excluding hydrogens is 258 g/mol. The number of thiazole rings is 1. The first-order chi connectivity index (χ1) is 9.22. The second kappa shape index (κ2) is 6.37. The molecule has 4 heteroatoms. The van der Waals surface area contributed by atoms with E-state index in [1.54, 1.807) is 4.57 Å². The van der Waals surface area contributed by atoms with Crippen molar-refractivity contribution in [3.05, 3.63) is 56.1 Å². The lowest BCUT2D eigenvalue weighted by Crippen LogP contribution is -2.15. The van der Waals surface area contributed by atoms with Gasteiger partial charge < -0.3 is 5.11 Å². The summed E-state index contributed by atoms with van der Waals surface area (Å²) in [6, 6.07) is 7.79. The van der Waals surface area contributed by atoms with Crippen LogP contribution in [0.5, 0.6) is 0 Å². The standard InChI is InChI=1S/C15H15NO2S/c1-12-11-19-15(18)16(12)10-14-8-3-2-6-13(14)7-4-5-9-17/h2-3,6,8,11,17H,5,9-10H2,1H3. The Labute approximate surface area is 116 Å². The van der Waals surface area contributed by atoms with Gasteiger partial charge in [0, 0.05) is 23.1 Å². The van der Waals surface area contributed by atoms with E-state index in [0.717, 1.165) is 16.8 Å². The van der Waals surface area contributed by atoms with E-state index in [-0.39, 0.29) is 11.5 Å². The lowest BCUT2D eigenvalue weighted by Gasteiger charge is -2.06. The highest BCUT2D eigenvalue weighted by atomic mass is 32.1. The highest BCUT2D eigenvalue weighted by Gasteiger charge is 2.05. The summed E-state index contributed by atoms with van der Waals surface area (Å²) >= 11 is 1.22. The second-order valence-corrected chi connectivity index (χ2v) is 4.98. The van der Waals surface area contributed by atoms with Crippen LogP contribution in [0.4, 0.5) is 0 Å². The number of hydrogen-bond donors (Lipinski definition) is 1. The van der Waals surface area contributed by atoms with Crippen molar-refractivity contribution in [3.63, 3.8) is 0 Å². The zero-order valence-electron chi connectivity index (χ0n) is 10.7. The van der Waals surface area contributed by atoms with Crippen LogP contribution < -0.4 is 4.87 Å². The van der Waals surface area contributed by atoms with Crippen LogP contribution in [-0.4, -0.2) is 16.3 Å². The Morgan fingerprint density at radius 3 is 2.84 bits per heavy atom. The highest BCUT2D eigenvalue weighted by Crippen LogP contribution is 2.11. The van der Waals surface area contributed by atoms with E-state index in [4.69, 9.17) is 5.11 Å². The third-order valence-corrected chi connectivity index (χ3v) is 3.66. The lowest BCUT2D eigenvalue weighted by molar-refractivity contribution is 0.305. The van der Waals surface area contributed by atoms with Crippen molar-refractivity contribution in [1.29, 1.82) is 0 Å². The number of aryl methyl sites for hydroxylation is 1. The number of benzene rings is 1. The molecule has 0 saturated carbocycles. The van der Waals surface area contributed by atoms with Crippen LogP contribution in [0.25, 0.3) is 0 Å². The fourth-order valence-corrected chi connectivity index (χ4v) is 2.49. The van der Waals surface area contributed by atoms with Crippen LogP contribution in [0.2, 0.25) is 0 Å². The maximum Gasteiger partial charge on any atom is 0.307 e. The molecule has 0 amide bonds. The molecule has 0 spiro atoms. The number of hydrogen-bond acceptors (Lipinski definition) is 3. The van der Waals surface area contributed by atoms with E-state index in [2.05, 4.69) is 11.8 Å². The first kappa shape index (κ1) is 13.6. The minimum absolute atomic E-state index is 0.0515. The largest absolute Gasteiger partial charge is 0.395 e. The predicted molar refractivity (Wildman–Crippen MR) is 77.4 cm³/mol. The fourth-order valence-electron chi connectivity index (χ4n) is 1.76. The normalized spacial score (nSPS) is 10.0. The average molecular weight is 273 g/mol. The molecule has 0 fully saturated rings. The van der Waals surface area contributed by atoms with Crippen LogP contribution in [0.1, 0.15) is 23.2 Å². The summed E-state index contributed by atoms with van der Waals surface area (Å²) in [5, 5.41) is 10.6. The van der Waals surface area contributed by atoms with Gasteiger partial charge >= 0.3 is 4.87 Å². The molecule has 0 saturated heterocycles. The average Bonchev–Trinajstić information content (AvgIpc) is 2.73. The molecule has 0 radical (unpaired) electrons. The van der Waals surface area contributed by atoms with Gasteiger partial charge in [-0.3, -0.25) is 9.36 Å². The second-order valence-electron chi connectivity index (χ2n) is 4.16. The van der Waals surface area contributed by atoms with Gasteiger partial charge in [0.25, 0.3) is 0 Å². The fraction of sp³-hybridized carbons (Fsp3) is 0.267. The first-order valence-electron chi connectivity index (χ1n) is 6.05. The van der Waals surface area contributed by atoms with Crippen LogP contribution in [0, 0.1) is 18.8 Å². The Bertz CT molecular complexity index is 673. The van der Waals surface area contributed by atoms with E-state index >= 15 is 0 Å². The van der Waals surface area contributed by atoms with Gasteiger partial charge in [0.05, 0.1) is 13.2 Å². The van der Waals surface area contributed by atoms with Gasteiger partial charge in [-0.05, 0) is 18.6 Å². The molecule has 1 aromatic carbocycles. The molecule has 1 aromatic heterocycles. The molecule has 1 N–H and O–H groups in total. The van der Waals surface area contributed by atoms with Crippen molar-refractivity contribution in [2.75, 3.05) is 6.61 Å². The molecule has 0 atom stereocenters. The molecule has 0 bridgehead atoms. The zero-order chi connectivity index (χ0) is 13.7. The van der Waals surface area contributed by atoms with E-state index in [1.807, 2.05) is 36.6 Å². The number of aliphatic hydroxyl groups excluding tert-OH is 1. The Morgan fingerprint density at radius 2 is 2.16 bits per heavy atom. The Balaban J connectivity index is 2.31. The van der Waals surface area contributed by atoms with E-state index in [9.17, 15) is 4.79 Å². The molecule has 2 rings (SSSR count). The summed E-state index contributed by atoms with van der Waals surface area (Å²) in [7, 11) is 0. The lowest BCUT2D eigenvalue weighted by atomic mass is 10.1. The highest BCUT2D eigenvalue weighted by molar-refractivity contribution is 7.07. The van der Waals surface area contributed by atoms with Crippen LogP contribution in [-0.2, 0) is 6.54 Å². The van der Waals surface area contributed by atoms with Crippen molar-refractivity contribution in [2.45, 2.75) is 19.9 Å². The summed E-state index contributed by atoms with van der Waals surface area (Å²) in [5.41, 5.74) is 2.90. The van der Waals surface area contributed by atoms with Crippen molar-refractivity contribution in [3.8, 4) is 11.8 Å². The van der Waals surface area contributed by atoms with Crippen molar-refractivity contribution in [2.24, 2.45) is 0 Å². The quantitative estimate of drug-likeness (QED) is 0.869. The van der Waals surface area contributed by atoms with Crippen LogP contribution >= 0.6 is 11.3 Å². The number of rotatable bonds is 3. The van der Waals surface area contributed by atoms with Crippen LogP contribution in [0.15, 0.2) is 34.4 Å². The first-order valence-corrected chi connectivity index (χ1v) is 6.93. The molecule has 19 heavy (non-hydrogen) atoms. The molecule has 1 heterocycles. The Kier molecular flexibility index (Phi) is 4.56. The minimum Gasteiger partial charge on any atom is -0.395 e. The summed E-state index contributed by atoms with van der Waals surface area (Å²) in [4.78, 5) is 11.8. The van der Waals surface area contributed by atoms with Gasteiger partial charge in [-0.2, -0.15) is 0 Å². The van der Waals surface area contributed by atoms with Crippen molar-refractivity contribution in [1.82, 2.24) is 4.57 Å². The van der Waals surface area contributed by atoms with E-state index in [1.165, 1.54) is 11.3 Å². The molecule has 98 valence electrons. The van der Waals surface area contributed by atoms with Gasteiger partial charge in [0.2, 0.25) is 0 Å². The predicted octanol–water partition coefficient (Wildman–Crippen LogP) is 2.00. The molecule has 3 nitrogen and oxygen atoms in total. The molecule has 0 aliphatic carbocycles. The summed E-state index contributed by atoms with van der Waals surface area (Å²) in [5.74, 6) is 5.96. The van der Waals surface area contributed by atoms with Gasteiger partial charge in [0.1, 0.15) is 0 Å². The maximum atomic E-state index is 11.7. The molecule has 0 aliphatic heterocycles. The van der Waals surface area contributed by atoms with Crippen LogP contribution in [0.3, 0.4) is 0 Å². The third kappa shape index (κ3) is 3.34. The third-order valence-electron chi connectivity index (χ3n) is 2.78. The SMILES string of the molecule is Cc1csc(=O)n1Cc1ccccc1C#CCCO. The van der Waals surface area contributed by atoms with Gasteiger partial charge in [-0.25, -0.2) is 0 Å². The molecule has 2 aromatic rings. The Hall–Kier alpha value is -1.83. The summed E-state index contributed by atoms with van der Waals surface area (Å²) < 4.78 is 1.75. The van der Waals surface area contributed by atoms with Crippen molar-refractivity contribution >= 4 is 11.3 Å². The zero-order valence-corrected chi connectivity index (χ0v) is 11.5. The molecule has 0 aliphatic rings. The summed E-state index contributed by atoms with van der Waals surface area (Å²) in [6.45, 7) is 2.54. The van der Waals surface area contributed by atoms with E-state index < -0.39 is 0 Å². The molecule has 0 unspecified atom stereocenters. The Morgan fingerprint density at radius 1 is 1.37 bits per heavy atom. The number of aliphatic hydroxyl groups is 1. The van der Waals surface area contributed by atoms with Gasteiger partial charge in [-0.15, -0.1) is 0 Å². The topological polar surface area (TPSA) is 42.2 Å². The maximum absolute atomic E-state index is 11.7. The smallest absolute Gasteiger partial charge is 0.307 e. The number of aromatic nitrogens is 1. The minimum atomic E-state index is 0.0515. The monoisotopic (exact) mass is 273 g/mol. The summed E-state index contributed by atoms with van der Waals surface area (Å²) in [6.07, 6.45) is 0.464. The molecular formula is C15H15NO2S. The van der Waals surface area contributed by atoms with E-state index in [0.29, 0.717) is 13.0 Å². The number of nitrogens with zero attached hydrogens (tertiary/aromatic N) is 1. The van der Waals surface area contributed by atoms with Gasteiger partial charge in [0.15, 0.2) is 0 Å². The van der Waals surface area contributed by atoms with Crippen molar-refractivity contribution < 1.29 is 5.11 Å².